The molecule has 0 saturated carbocycles. The van der Waals surface area contributed by atoms with Gasteiger partial charge in [0.1, 0.15) is 0 Å². The van der Waals surface area contributed by atoms with Gasteiger partial charge in [-0.2, -0.15) is 0 Å². The van der Waals surface area contributed by atoms with Gasteiger partial charge in [0.25, 0.3) is 0 Å². The van der Waals surface area contributed by atoms with E-state index >= 15 is 0 Å². The van der Waals surface area contributed by atoms with Crippen LogP contribution in [0.15, 0.2) is 219 Å². The molecule has 0 amide bonds. The number of rotatable bonds is 7. The first-order valence-electron chi connectivity index (χ1n) is 20.8. The second-order valence-electron chi connectivity index (χ2n) is 15.6. The van der Waals surface area contributed by atoms with Crippen molar-refractivity contribution in [2.24, 2.45) is 0 Å². The van der Waals surface area contributed by atoms with Crippen LogP contribution in [-0.4, -0.2) is 29.1 Å². The summed E-state index contributed by atoms with van der Waals surface area (Å²) in [6.07, 6.45) is 3.74. The van der Waals surface area contributed by atoms with E-state index in [4.69, 9.17) is 19.9 Å². The monoisotopic (exact) mass is 792 g/mol. The number of hydrogen-bond donors (Lipinski definition) is 0. The highest BCUT2D eigenvalue weighted by atomic mass is 15.0. The minimum atomic E-state index is 0.576. The molecule has 0 aliphatic carbocycles. The Hall–Kier alpha value is -8.48. The molecule has 6 nitrogen and oxygen atoms in total. The number of para-hydroxylation sites is 3. The van der Waals surface area contributed by atoms with E-state index in [1.165, 1.54) is 43.7 Å². The highest BCUT2D eigenvalue weighted by molar-refractivity contribution is 6.11. The molecule has 12 rings (SSSR count). The third-order valence-corrected chi connectivity index (χ3v) is 11.8. The number of pyridine rings is 1. The minimum absolute atomic E-state index is 0.576. The predicted octanol–water partition coefficient (Wildman–Crippen LogP) is 13.8. The molecule has 0 fully saturated rings. The Balaban J connectivity index is 0.915. The van der Waals surface area contributed by atoms with Crippen LogP contribution in [0.1, 0.15) is 0 Å². The lowest BCUT2D eigenvalue weighted by atomic mass is 10.0. The molecule has 62 heavy (non-hydrogen) atoms. The summed E-state index contributed by atoms with van der Waals surface area (Å²) in [5.41, 5.74) is 14.1. The van der Waals surface area contributed by atoms with E-state index in [0.29, 0.717) is 17.5 Å². The van der Waals surface area contributed by atoms with E-state index in [2.05, 4.69) is 155 Å². The number of hydrogen-bond acceptors (Lipinski definition) is 4. The van der Waals surface area contributed by atoms with Crippen LogP contribution in [0.2, 0.25) is 0 Å². The third-order valence-electron chi connectivity index (χ3n) is 11.8. The molecule has 0 saturated heterocycles. The quantitative estimate of drug-likeness (QED) is 0.161. The van der Waals surface area contributed by atoms with E-state index in [1.807, 2.05) is 73.1 Å². The van der Waals surface area contributed by atoms with Crippen LogP contribution in [0.5, 0.6) is 0 Å². The van der Waals surface area contributed by atoms with Crippen molar-refractivity contribution in [2.45, 2.75) is 0 Å². The lowest BCUT2D eigenvalue weighted by Gasteiger charge is -2.11. The molecular formula is C56H36N6. The van der Waals surface area contributed by atoms with Crippen molar-refractivity contribution in [3.8, 4) is 67.8 Å². The first kappa shape index (κ1) is 35.5. The average molecular weight is 793 g/mol. The topological polar surface area (TPSA) is 61.4 Å². The number of fused-ring (bicyclic) bond motifs is 6. The van der Waals surface area contributed by atoms with Gasteiger partial charge >= 0.3 is 0 Å². The number of nitrogens with zero attached hydrogens (tertiary/aromatic N) is 6. The molecule has 0 N–H and O–H groups in total. The maximum absolute atomic E-state index is 4.96. The lowest BCUT2D eigenvalue weighted by Crippen LogP contribution is -2.00. The van der Waals surface area contributed by atoms with Crippen LogP contribution in [0.3, 0.4) is 0 Å². The Bertz CT molecular complexity index is 3550. The van der Waals surface area contributed by atoms with Crippen molar-refractivity contribution in [2.75, 3.05) is 0 Å². The van der Waals surface area contributed by atoms with Crippen LogP contribution >= 0.6 is 0 Å². The maximum Gasteiger partial charge on any atom is 0.165 e. The highest BCUT2D eigenvalue weighted by Crippen LogP contribution is 2.38. The van der Waals surface area contributed by atoms with Crippen LogP contribution in [0.4, 0.5) is 0 Å². The van der Waals surface area contributed by atoms with Crippen LogP contribution in [0.25, 0.3) is 111 Å². The summed E-state index contributed by atoms with van der Waals surface area (Å²) >= 11 is 0. The van der Waals surface area contributed by atoms with Gasteiger partial charge in [-0.25, -0.2) is 15.0 Å². The molecule has 0 aliphatic heterocycles. The molecule has 0 aliphatic rings. The van der Waals surface area contributed by atoms with E-state index in [-0.39, 0.29) is 0 Å². The first-order chi connectivity index (χ1) is 30.7. The van der Waals surface area contributed by atoms with Crippen molar-refractivity contribution in [1.82, 2.24) is 29.1 Å². The summed E-state index contributed by atoms with van der Waals surface area (Å²) in [6, 6.07) is 72.6. The van der Waals surface area contributed by atoms with E-state index < -0.39 is 0 Å². The number of benzene rings is 8. The summed E-state index contributed by atoms with van der Waals surface area (Å²) in [7, 11) is 0. The summed E-state index contributed by atoms with van der Waals surface area (Å²) in [6.45, 7) is 0. The summed E-state index contributed by atoms with van der Waals surface area (Å²) in [5.74, 6) is 1.82. The van der Waals surface area contributed by atoms with Gasteiger partial charge in [0.15, 0.2) is 17.5 Å². The zero-order valence-corrected chi connectivity index (χ0v) is 33.5. The number of aromatic nitrogens is 6. The molecule has 290 valence electrons. The van der Waals surface area contributed by atoms with Gasteiger partial charge in [-0.3, -0.25) is 4.98 Å². The zero-order chi connectivity index (χ0) is 41.0. The fourth-order valence-corrected chi connectivity index (χ4v) is 8.90. The Morgan fingerprint density at radius 3 is 1.21 bits per heavy atom. The molecular weight excluding hydrogens is 757 g/mol. The summed E-state index contributed by atoms with van der Waals surface area (Å²) in [4.78, 5) is 19.5. The van der Waals surface area contributed by atoms with Crippen LogP contribution < -0.4 is 0 Å². The first-order valence-corrected chi connectivity index (χ1v) is 20.8. The molecule has 12 aromatic rings. The Morgan fingerprint density at radius 1 is 0.258 bits per heavy atom. The molecule has 4 heterocycles. The minimum Gasteiger partial charge on any atom is -0.309 e. The van der Waals surface area contributed by atoms with Crippen molar-refractivity contribution in [3.63, 3.8) is 0 Å². The SMILES string of the molecule is c1ccc(-c2nc(-c3ccccc3)nc(-c3cncc(-c4ccc5c(c4)c4ccccc4n5-c4ccc(-c5ccc6c(c5)c5ccccc5n6-c5ccccc5)cc4)c3)n2)cc1. The molecule has 0 radical (unpaired) electrons. The van der Waals surface area contributed by atoms with E-state index in [9.17, 15) is 0 Å². The molecule has 8 aromatic carbocycles. The molecule has 0 spiro atoms. The van der Waals surface area contributed by atoms with Gasteiger partial charge in [0.05, 0.1) is 22.1 Å². The van der Waals surface area contributed by atoms with Crippen molar-refractivity contribution < 1.29 is 0 Å². The Kier molecular flexibility index (Phi) is 8.38. The Labute approximate surface area is 357 Å². The predicted molar refractivity (Wildman–Crippen MR) is 253 cm³/mol. The molecule has 0 bridgehead atoms. The maximum atomic E-state index is 4.96. The van der Waals surface area contributed by atoms with Gasteiger partial charge in [0.2, 0.25) is 0 Å². The van der Waals surface area contributed by atoms with Crippen molar-refractivity contribution in [1.29, 1.82) is 0 Å². The molecule has 6 heteroatoms. The van der Waals surface area contributed by atoms with E-state index in [1.54, 1.807) is 0 Å². The van der Waals surface area contributed by atoms with Gasteiger partial charge in [-0.15, -0.1) is 0 Å². The fourth-order valence-electron chi connectivity index (χ4n) is 8.90. The largest absolute Gasteiger partial charge is 0.309 e. The van der Waals surface area contributed by atoms with Crippen LogP contribution in [-0.2, 0) is 0 Å². The third kappa shape index (κ3) is 6.04. The van der Waals surface area contributed by atoms with Gasteiger partial charge in [0, 0.05) is 67.6 Å². The molecule has 0 atom stereocenters. The average Bonchev–Trinajstić information content (AvgIpc) is 3.87. The van der Waals surface area contributed by atoms with E-state index in [0.717, 1.165) is 50.2 Å². The summed E-state index contributed by atoms with van der Waals surface area (Å²) < 4.78 is 4.72. The van der Waals surface area contributed by atoms with Gasteiger partial charge in [-0.05, 0) is 83.4 Å². The highest BCUT2D eigenvalue weighted by Gasteiger charge is 2.17. The van der Waals surface area contributed by atoms with Gasteiger partial charge in [-0.1, -0.05) is 140 Å². The smallest absolute Gasteiger partial charge is 0.165 e. The lowest BCUT2D eigenvalue weighted by molar-refractivity contribution is 1.07. The van der Waals surface area contributed by atoms with Gasteiger partial charge < -0.3 is 9.13 Å². The van der Waals surface area contributed by atoms with Crippen molar-refractivity contribution >= 4 is 43.6 Å². The standard InChI is InChI=1S/C56H36N6/c1-4-14-38(15-5-1)54-58-55(39-16-6-2-7-17-39)60-56(59-54)43-32-42(35-57-36-43)41-27-31-53-49(34-41)47-21-11-13-23-51(47)62(53)45-28-24-37(25-29-45)40-26-30-52-48(33-40)46-20-10-12-22-50(46)61(52)44-18-8-3-9-19-44/h1-36H. The second-order valence-corrected chi connectivity index (χ2v) is 15.6. The zero-order valence-electron chi connectivity index (χ0n) is 33.5. The Morgan fingerprint density at radius 2 is 0.661 bits per heavy atom. The summed E-state index contributed by atoms with van der Waals surface area (Å²) in [5, 5.41) is 4.85. The second kappa shape index (κ2) is 14.7. The van der Waals surface area contributed by atoms with Crippen LogP contribution in [0, 0.1) is 0 Å². The normalized spacial score (nSPS) is 11.5. The fraction of sp³-hybridized carbons (Fsp3) is 0. The van der Waals surface area contributed by atoms with Crippen molar-refractivity contribution in [3.05, 3.63) is 219 Å². The molecule has 4 aromatic heterocycles. The molecule has 0 unspecified atom stereocenters.